The van der Waals surface area contributed by atoms with Crippen molar-refractivity contribution < 1.29 is 4.39 Å². The van der Waals surface area contributed by atoms with Crippen molar-refractivity contribution in [1.29, 1.82) is 0 Å². The Hall–Kier alpha value is -2.05. The molecule has 3 aromatic heterocycles. The van der Waals surface area contributed by atoms with Crippen molar-refractivity contribution >= 4 is 43.5 Å². The lowest BCUT2D eigenvalue weighted by Crippen LogP contribution is -2.03. The number of rotatable bonds is 5. The number of aryl methyl sites for hydroxylation is 1. The standard InChI is InChI=1S/C23H22FN3S2/c1-13(2)10-18-16-4-3-5-17(16)19-20-21(29-22(19)27-18)23(26-12-25-20)28-11-14-6-8-15(24)9-7-14/h6-9,12-13H,3-5,10-11H2,1-2H3. The molecule has 29 heavy (non-hydrogen) atoms. The van der Waals surface area contributed by atoms with E-state index >= 15 is 0 Å². The van der Waals surface area contributed by atoms with E-state index in [0.717, 1.165) is 50.7 Å². The number of hydrogen-bond acceptors (Lipinski definition) is 5. The largest absolute Gasteiger partial charge is 0.242 e. The van der Waals surface area contributed by atoms with Crippen LogP contribution >= 0.6 is 23.1 Å². The van der Waals surface area contributed by atoms with Gasteiger partial charge in [0.1, 0.15) is 22.0 Å². The van der Waals surface area contributed by atoms with Crippen molar-refractivity contribution in [2.45, 2.75) is 50.3 Å². The van der Waals surface area contributed by atoms with Crippen LogP contribution in [0.15, 0.2) is 35.6 Å². The van der Waals surface area contributed by atoms with E-state index in [9.17, 15) is 4.39 Å². The van der Waals surface area contributed by atoms with Gasteiger partial charge in [0, 0.05) is 16.8 Å². The van der Waals surface area contributed by atoms with Crippen molar-refractivity contribution in [2.75, 3.05) is 0 Å². The summed E-state index contributed by atoms with van der Waals surface area (Å²) in [5, 5.41) is 2.23. The molecule has 1 aliphatic carbocycles. The Labute approximate surface area is 177 Å². The maximum atomic E-state index is 13.2. The summed E-state index contributed by atoms with van der Waals surface area (Å²) in [4.78, 5) is 15.4. The zero-order chi connectivity index (χ0) is 20.0. The van der Waals surface area contributed by atoms with Gasteiger partial charge < -0.3 is 0 Å². The van der Waals surface area contributed by atoms with Crippen molar-refractivity contribution in [2.24, 2.45) is 5.92 Å². The van der Waals surface area contributed by atoms with Crippen LogP contribution in [0.3, 0.4) is 0 Å². The summed E-state index contributed by atoms with van der Waals surface area (Å²) in [7, 11) is 0. The van der Waals surface area contributed by atoms with Crippen LogP contribution in [-0.2, 0) is 25.0 Å². The normalized spacial score (nSPS) is 13.7. The first kappa shape index (κ1) is 18.9. The van der Waals surface area contributed by atoms with Crippen LogP contribution in [0.1, 0.15) is 42.7 Å². The summed E-state index contributed by atoms with van der Waals surface area (Å²) in [6.45, 7) is 4.52. The second kappa shape index (κ2) is 7.65. The van der Waals surface area contributed by atoms with Crippen LogP contribution in [0.4, 0.5) is 4.39 Å². The molecule has 0 radical (unpaired) electrons. The smallest absolute Gasteiger partial charge is 0.126 e. The summed E-state index contributed by atoms with van der Waals surface area (Å²) < 4.78 is 14.3. The van der Waals surface area contributed by atoms with Gasteiger partial charge in [-0.2, -0.15) is 0 Å². The Balaban J connectivity index is 1.59. The van der Waals surface area contributed by atoms with Crippen molar-refractivity contribution in [3.8, 4) is 0 Å². The average molecular weight is 424 g/mol. The van der Waals surface area contributed by atoms with Crippen LogP contribution in [0.2, 0.25) is 0 Å². The summed E-state index contributed by atoms with van der Waals surface area (Å²) in [5.74, 6) is 1.15. The fraction of sp³-hybridized carbons (Fsp3) is 0.348. The fourth-order valence-electron chi connectivity index (χ4n) is 4.15. The highest BCUT2D eigenvalue weighted by molar-refractivity contribution is 7.98. The van der Waals surface area contributed by atoms with Crippen LogP contribution < -0.4 is 0 Å². The molecule has 0 saturated heterocycles. The lowest BCUT2D eigenvalue weighted by molar-refractivity contribution is 0.627. The molecule has 3 heterocycles. The summed E-state index contributed by atoms with van der Waals surface area (Å²) in [6.07, 6.45) is 6.16. The second-order valence-corrected chi connectivity index (χ2v) is 9.98. The minimum atomic E-state index is -0.204. The van der Waals surface area contributed by atoms with E-state index in [0.29, 0.717) is 5.92 Å². The van der Waals surface area contributed by atoms with Gasteiger partial charge in [0.15, 0.2) is 0 Å². The lowest BCUT2D eigenvalue weighted by atomic mass is 9.99. The van der Waals surface area contributed by atoms with Gasteiger partial charge in [0.25, 0.3) is 0 Å². The topological polar surface area (TPSA) is 38.7 Å². The van der Waals surface area contributed by atoms with E-state index < -0.39 is 0 Å². The highest BCUT2D eigenvalue weighted by Crippen LogP contribution is 2.42. The zero-order valence-electron chi connectivity index (χ0n) is 16.5. The Morgan fingerprint density at radius 2 is 1.90 bits per heavy atom. The van der Waals surface area contributed by atoms with Crippen molar-refractivity contribution in [1.82, 2.24) is 15.0 Å². The monoisotopic (exact) mass is 423 g/mol. The average Bonchev–Trinajstić information content (AvgIpc) is 3.31. The number of pyridine rings is 1. The van der Waals surface area contributed by atoms with E-state index in [-0.39, 0.29) is 5.82 Å². The molecular formula is C23H22FN3S2. The van der Waals surface area contributed by atoms with E-state index in [2.05, 4.69) is 23.8 Å². The molecule has 0 amide bonds. The molecule has 0 spiro atoms. The molecule has 0 atom stereocenters. The highest BCUT2D eigenvalue weighted by atomic mass is 32.2. The number of thioether (sulfide) groups is 1. The molecule has 0 fully saturated rings. The van der Waals surface area contributed by atoms with E-state index in [1.165, 1.54) is 40.8 Å². The number of halogens is 1. The van der Waals surface area contributed by atoms with E-state index in [1.54, 1.807) is 29.4 Å². The minimum Gasteiger partial charge on any atom is -0.242 e. The molecule has 0 N–H and O–H groups in total. The van der Waals surface area contributed by atoms with Crippen molar-refractivity contribution in [3.63, 3.8) is 0 Å². The van der Waals surface area contributed by atoms with E-state index in [1.807, 2.05) is 12.1 Å². The third kappa shape index (κ3) is 3.53. The number of fused-ring (bicyclic) bond motifs is 5. The maximum Gasteiger partial charge on any atom is 0.126 e. The van der Waals surface area contributed by atoms with Gasteiger partial charge in [-0.1, -0.05) is 26.0 Å². The number of aromatic nitrogens is 3. The predicted octanol–water partition coefficient (Wildman–Crippen LogP) is 6.36. The first-order valence-corrected chi connectivity index (χ1v) is 11.9. The van der Waals surface area contributed by atoms with Crippen LogP contribution in [0.25, 0.3) is 20.4 Å². The lowest BCUT2D eigenvalue weighted by Gasteiger charge is -2.11. The minimum absolute atomic E-state index is 0.204. The van der Waals surface area contributed by atoms with Crippen LogP contribution in [0.5, 0.6) is 0 Å². The molecule has 4 aromatic rings. The molecule has 1 aliphatic rings. The SMILES string of the molecule is CC(C)Cc1nc2sc3c(SCc4ccc(F)cc4)ncnc3c2c2c1CCC2. The number of thiophene rings is 1. The van der Waals surface area contributed by atoms with Crippen LogP contribution in [0, 0.1) is 11.7 Å². The van der Waals surface area contributed by atoms with Gasteiger partial charge in [-0.3, -0.25) is 0 Å². The summed E-state index contributed by atoms with van der Waals surface area (Å²) in [6, 6.07) is 6.68. The molecular weight excluding hydrogens is 401 g/mol. The van der Waals surface area contributed by atoms with Crippen molar-refractivity contribution in [3.05, 3.63) is 58.8 Å². The predicted molar refractivity (Wildman–Crippen MR) is 119 cm³/mol. The Kier molecular flexibility index (Phi) is 5.00. The summed E-state index contributed by atoms with van der Waals surface area (Å²) in [5.41, 5.74) is 6.33. The number of nitrogens with zero attached hydrogens (tertiary/aromatic N) is 3. The van der Waals surface area contributed by atoms with Gasteiger partial charge in [-0.05, 0) is 60.4 Å². The first-order chi connectivity index (χ1) is 14.1. The Morgan fingerprint density at radius 1 is 1.10 bits per heavy atom. The van der Waals surface area contributed by atoms with E-state index in [4.69, 9.17) is 4.98 Å². The molecule has 5 rings (SSSR count). The molecule has 0 aliphatic heterocycles. The maximum absolute atomic E-state index is 13.2. The number of hydrogen-bond donors (Lipinski definition) is 0. The van der Waals surface area contributed by atoms with Gasteiger partial charge in [-0.15, -0.1) is 23.1 Å². The van der Waals surface area contributed by atoms with Crippen LogP contribution in [-0.4, -0.2) is 15.0 Å². The molecule has 1 aromatic carbocycles. The quantitative estimate of drug-likeness (QED) is 0.277. The van der Waals surface area contributed by atoms with Gasteiger partial charge in [-0.25, -0.2) is 19.3 Å². The first-order valence-electron chi connectivity index (χ1n) is 10.0. The Bertz CT molecular complexity index is 1200. The fourth-order valence-corrected chi connectivity index (χ4v) is 6.36. The second-order valence-electron chi connectivity index (χ2n) is 8.02. The van der Waals surface area contributed by atoms with Gasteiger partial charge in [0.2, 0.25) is 0 Å². The van der Waals surface area contributed by atoms with Gasteiger partial charge >= 0.3 is 0 Å². The molecule has 0 saturated carbocycles. The molecule has 3 nitrogen and oxygen atoms in total. The molecule has 6 heteroatoms. The molecule has 148 valence electrons. The highest BCUT2D eigenvalue weighted by Gasteiger charge is 2.24. The zero-order valence-corrected chi connectivity index (χ0v) is 18.2. The summed E-state index contributed by atoms with van der Waals surface area (Å²) >= 11 is 3.40. The third-order valence-corrected chi connectivity index (χ3v) is 7.68. The number of benzene rings is 1. The molecule has 0 unspecified atom stereocenters. The Morgan fingerprint density at radius 3 is 2.69 bits per heavy atom. The molecule has 0 bridgehead atoms. The third-order valence-electron chi connectivity index (χ3n) is 5.42. The van der Waals surface area contributed by atoms with Gasteiger partial charge in [0.05, 0.1) is 10.2 Å².